The minimum atomic E-state index is -0.553. The summed E-state index contributed by atoms with van der Waals surface area (Å²) in [4.78, 5) is 16.2. The molecule has 0 saturated carbocycles. The molecular weight excluding hydrogens is 328 g/mol. The van der Waals surface area contributed by atoms with Crippen LogP contribution in [0.2, 0.25) is 5.15 Å². The first kappa shape index (κ1) is 20.6. The lowest BCUT2D eigenvalue weighted by Crippen LogP contribution is -2.52. The summed E-state index contributed by atoms with van der Waals surface area (Å²) in [6.07, 6.45) is 1.91. The molecule has 0 spiro atoms. The Morgan fingerprint density at radius 2 is 1.96 bits per heavy atom. The van der Waals surface area contributed by atoms with Gasteiger partial charge >= 0.3 is 6.09 Å². The lowest BCUT2D eigenvalue weighted by molar-refractivity contribution is 0.0407. The highest BCUT2D eigenvalue weighted by Crippen LogP contribution is 2.23. The van der Waals surface area contributed by atoms with Crippen molar-refractivity contribution in [2.75, 3.05) is 6.61 Å². The van der Waals surface area contributed by atoms with Crippen molar-refractivity contribution in [3.8, 4) is 5.75 Å². The Morgan fingerprint density at radius 3 is 2.46 bits per heavy atom. The molecule has 0 fully saturated rings. The first-order valence-electron chi connectivity index (χ1n) is 8.16. The Hall–Kier alpha value is -1.49. The van der Waals surface area contributed by atoms with E-state index in [9.17, 15) is 4.79 Å². The van der Waals surface area contributed by atoms with E-state index >= 15 is 0 Å². The Balaban J connectivity index is 2.81. The number of pyridine rings is 1. The number of carbonyl (C=O) groups excluding carboxylic acids is 1. The third-order valence-electron chi connectivity index (χ3n) is 3.24. The number of halogens is 1. The van der Waals surface area contributed by atoms with Gasteiger partial charge in [0.05, 0.1) is 11.7 Å². The van der Waals surface area contributed by atoms with Crippen LogP contribution in [0, 0.1) is 12.8 Å². The SMILES string of the molecule is Cc1cc(Cl)ncc1OCC(C)(CC(C)C)NC(=O)OC(C)(C)C. The van der Waals surface area contributed by atoms with Crippen LogP contribution in [0.3, 0.4) is 0 Å². The van der Waals surface area contributed by atoms with Gasteiger partial charge in [0.25, 0.3) is 0 Å². The topological polar surface area (TPSA) is 60.5 Å². The molecule has 0 saturated heterocycles. The zero-order valence-electron chi connectivity index (χ0n) is 15.7. The average molecular weight is 357 g/mol. The van der Waals surface area contributed by atoms with E-state index in [0.29, 0.717) is 23.4 Å². The van der Waals surface area contributed by atoms with Crippen LogP contribution in [-0.4, -0.2) is 28.8 Å². The van der Waals surface area contributed by atoms with Crippen molar-refractivity contribution in [3.05, 3.63) is 23.0 Å². The second-order valence-corrected chi connectivity index (χ2v) is 8.23. The minimum absolute atomic E-state index is 0.314. The standard InChI is InChI=1S/C18H29ClN2O3/c1-12(2)9-18(7,21-16(22)24-17(4,5)6)11-23-14-10-20-15(19)8-13(14)3/h8,10,12H,9,11H2,1-7H3,(H,21,22). The number of hydrogen-bond donors (Lipinski definition) is 1. The van der Waals surface area contributed by atoms with Crippen molar-refractivity contribution < 1.29 is 14.3 Å². The molecule has 0 radical (unpaired) electrons. The van der Waals surface area contributed by atoms with E-state index in [1.165, 1.54) is 0 Å². The highest BCUT2D eigenvalue weighted by molar-refractivity contribution is 6.29. The number of alkyl carbamates (subject to hydrolysis) is 1. The van der Waals surface area contributed by atoms with Crippen LogP contribution >= 0.6 is 11.6 Å². The summed E-state index contributed by atoms with van der Waals surface area (Å²) in [6.45, 7) is 13.9. The molecule has 0 aliphatic carbocycles. The molecule has 0 aliphatic rings. The minimum Gasteiger partial charge on any atom is -0.489 e. The van der Waals surface area contributed by atoms with Crippen molar-refractivity contribution in [1.82, 2.24) is 10.3 Å². The highest BCUT2D eigenvalue weighted by Gasteiger charge is 2.31. The third kappa shape index (κ3) is 7.39. The van der Waals surface area contributed by atoms with Gasteiger partial charge in [-0.2, -0.15) is 0 Å². The van der Waals surface area contributed by atoms with Crippen molar-refractivity contribution in [1.29, 1.82) is 0 Å². The van der Waals surface area contributed by atoms with Gasteiger partial charge in [-0.15, -0.1) is 0 Å². The number of aryl methyl sites for hydroxylation is 1. The molecule has 0 bridgehead atoms. The normalized spacial score (nSPS) is 14.2. The first-order valence-corrected chi connectivity index (χ1v) is 8.54. The number of nitrogens with one attached hydrogen (secondary N) is 1. The molecular formula is C18H29ClN2O3. The molecule has 1 atom stereocenters. The molecule has 1 amide bonds. The van der Waals surface area contributed by atoms with Gasteiger partial charge in [-0.1, -0.05) is 25.4 Å². The van der Waals surface area contributed by atoms with Crippen molar-refractivity contribution in [3.63, 3.8) is 0 Å². The zero-order chi connectivity index (χ0) is 18.5. The summed E-state index contributed by atoms with van der Waals surface area (Å²) in [5, 5.41) is 3.38. The second-order valence-electron chi connectivity index (χ2n) is 7.85. The molecule has 6 heteroatoms. The van der Waals surface area contributed by atoms with Crippen LogP contribution in [0.25, 0.3) is 0 Å². The van der Waals surface area contributed by atoms with Gasteiger partial charge in [0.2, 0.25) is 0 Å². The summed E-state index contributed by atoms with van der Waals surface area (Å²) in [6, 6.07) is 1.75. The first-order chi connectivity index (χ1) is 10.9. The Morgan fingerprint density at radius 1 is 1.33 bits per heavy atom. The van der Waals surface area contributed by atoms with Gasteiger partial charge in [-0.25, -0.2) is 9.78 Å². The maximum atomic E-state index is 12.2. The van der Waals surface area contributed by atoms with E-state index in [1.54, 1.807) is 12.3 Å². The van der Waals surface area contributed by atoms with Gasteiger partial charge in [0.1, 0.15) is 23.1 Å². The van der Waals surface area contributed by atoms with Gasteiger partial charge in [-0.3, -0.25) is 0 Å². The van der Waals surface area contributed by atoms with Crippen molar-refractivity contribution in [2.45, 2.75) is 66.0 Å². The largest absolute Gasteiger partial charge is 0.489 e. The summed E-state index contributed by atoms with van der Waals surface area (Å²) in [5.74, 6) is 1.04. The maximum Gasteiger partial charge on any atom is 0.408 e. The van der Waals surface area contributed by atoms with Gasteiger partial charge in [0, 0.05) is 0 Å². The molecule has 136 valence electrons. The van der Waals surface area contributed by atoms with Crippen molar-refractivity contribution in [2.24, 2.45) is 5.92 Å². The molecule has 1 aromatic heterocycles. The predicted molar refractivity (Wildman–Crippen MR) is 96.7 cm³/mol. The summed E-state index contributed by atoms with van der Waals surface area (Å²) >= 11 is 5.87. The Labute approximate surface area is 150 Å². The predicted octanol–water partition coefficient (Wildman–Crippen LogP) is 4.75. The summed E-state index contributed by atoms with van der Waals surface area (Å²) < 4.78 is 11.3. The molecule has 5 nitrogen and oxygen atoms in total. The van der Waals surface area contributed by atoms with Crippen LogP contribution in [0.1, 0.15) is 53.5 Å². The number of aromatic nitrogens is 1. The monoisotopic (exact) mass is 356 g/mol. The molecule has 0 aromatic carbocycles. The van der Waals surface area contributed by atoms with E-state index < -0.39 is 17.2 Å². The van der Waals surface area contributed by atoms with Crippen molar-refractivity contribution >= 4 is 17.7 Å². The molecule has 1 unspecified atom stereocenters. The van der Waals surface area contributed by atoms with Crippen LogP contribution in [0.4, 0.5) is 4.79 Å². The van der Waals surface area contributed by atoms with E-state index in [-0.39, 0.29) is 0 Å². The molecule has 24 heavy (non-hydrogen) atoms. The maximum absolute atomic E-state index is 12.2. The third-order valence-corrected chi connectivity index (χ3v) is 3.44. The van der Waals surface area contributed by atoms with E-state index in [1.807, 2.05) is 34.6 Å². The molecule has 1 N–H and O–H groups in total. The number of carbonyl (C=O) groups is 1. The van der Waals surface area contributed by atoms with Crippen LogP contribution in [0.5, 0.6) is 5.75 Å². The van der Waals surface area contributed by atoms with E-state index in [4.69, 9.17) is 21.1 Å². The van der Waals surface area contributed by atoms with Gasteiger partial charge in [0.15, 0.2) is 0 Å². The number of nitrogens with zero attached hydrogens (tertiary/aromatic N) is 1. The van der Waals surface area contributed by atoms with Crippen LogP contribution < -0.4 is 10.1 Å². The lowest BCUT2D eigenvalue weighted by Gasteiger charge is -2.33. The molecule has 1 aromatic rings. The zero-order valence-corrected chi connectivity index (χ0v) is 16.5. The summed E-state index contributed by atoms with van der Waals surface area (Å²) in [7, 11) is 0. The Bertz CT molecular complexity index is 570. The van der Waals surface area contributed by atoms with Gasteiger partial charge in [-0.05, 0) is 58.6 Å². The number of amides is 1. The Kier molecular flexibility index (Phi) is 6.90. The van der Waals surface area contributed by atoms with Crippen LogP contribution in [0.15, 0.2) is 12.3 Å². The fourth-order valence-corrected chi connectivity index (χ4v) is 2.71. The lowest BCUT2D eigenvalue weighted by atomic mass is 9.91. The average Bonchev–Trinajstić information content (AvgIpc) is 2.33. The second kappa shape index (κ2) is 8.06. The van der Waals surface area contributed by atoms with E-state index in [2.05, 4.69) is 24.1 Å². The van der Waals surface area contributed by atoms with Crippen LogP contribution in [-0.2, 0) is 4.74 Å². The molecule has 0 aliphatic heterocycles. The van der Waals surface area contributed by atoms with Gasteiger partial charge < -0.3 is 14.8 Å². The number of ether oxygens (including phenoxy) is 2. The summed E-state index contributed by atoms with van der Waals surface area (Å²) in [5.41, 5.74) is -0.192. The molecule has 1 heterocycles. The molecule has 1 rings (SSSR count). The fourth-order valence-electron chi connectivity index (χ4n) is 2.49. The quantitative estimate of drug-likeness (QED) is 0.747. The highest BCUT2D eigenvalue weighted by atomic mass is 35.5. The van der Waals surface area contributed by atoms with E-state index in [0.717, 1.165) is 12.0 Å². The number of rotatable bonds is 6. The smallest absolute Gasteiger partial charge is 0.408 e. The fraction of sp³-hybridized carbons (Fsp3) is 0.667. The number of hydrogen-bond acceptors (Lipinski definition) is 4.